The molecule has 0 aliphatic carbocycles. The number of amides is 1. The second kappa shape index (κ2) is 5.31. The molecule has 0 radical (unpaired) electrons. The standard InChI is InChI=1S/C16H20N2O2S/c1-9-4-3-5-11-13(17)15(21-14(9)11)16(20)18-7-6-12(19)10(2)8-18/h3-5,10,12,19H,6-8,17H2,1-2H3. The highest BCUT2D eigenvalue weighted by Gasteiger charge is 2.29. The quantitative estimate of drug-likeness (QED) is 0.851. The third kappa shape index (κ3) is 2.40. The number of aliphatic hydroxyl groups excluding tert-OH is 1. The maximum Gasteiger partial charge on any atom is 0.266 e. The highest BCUT2D eigenvalue weighted by atomic mass is 32.1. The van der Waals surface area contributed by atoms with Crippen LogP contribution in [0.15, 0.2) is 18.2 Å². The first-order chi connectivity index (χ1) is 9.99. The lowest BCUT2D eigenvalue weighted by Crippen LogP contribution is -2.44. The molecule has 2 unspecified atom stereocenters. The van der Waals surface area contributed by atoms with Crippen LogP contribution in [0.3, 0.4) is 0 Å². The van der Waals surface area contributed by atoms with Gasteiger partial charge in [0.1, 0.15) is 4.88 Å². The van der Waals surface area contributed by atoms with Crippen molar-refractivity contribution in [2.45, 2.75) is 26.4 Å². The zero-order valence-electron chi connectivity index (χ0n) is 12.3. The van der Waals surface area contributed by atoms with Crippen molar-refractivity contribution in [1.82, 2.24) is 4.90 Å². The summed E-state index contributed by atoms with van der Waals surface area (Å²) in [5.41, 5.74) is 7.92. The number of benzene rings is 1. The number of aryl methyl sites for hydroxylation is 1. The average Bonchev–Trinajstić information content (AvgIpc) is 2.80. The second-order valence-electron chi connectivity index (χ2n) is 5.88. The third-order valence-corrected chi connectivity index (χ3v) is 5.64. The lowest BCUT2D eigenvalue weighted by molar-refractivity contribution is 0.0301. The predicted octanol–water partition coefficient (Wildman–Crippen LogP) is 2.63. The molecule has 1 amide bonds. The Hall–Kier alpha value is -1.59. The number of nitrogens with two attached hydrogens (primary N) is 1. The van der Waals surface area contributed by atoms with Crippen molar-refractivity contribution in [3.8, 4) is 0 Å². The first kappa shape index (κ1) is 14.4. The van der Waals surface area contributed by atoms with Gasteiger partial charge in [-0.2, -0.15) is 0 Å². The minimum absolute atomic E-state index is 0.00755. The van der Waals surface area contributed by atoms with Crippen molar-refractivity contribution in [1.29, 1.82) is 0 Å². The first-order valence-electron chi connectivity index (χ1n) is 7.24. The number of piperidine rings is 1. The van der Waals surface area contributed by atoms with Crippen molar-refractivity contribution in [2.75, 3.05) is 18.8 Å². The van der Waals surface area contributed by atoms with Crippen LogP contribution >= 0.6 is 11.3 Å². The van der Waals surface area contributed by atoms with Crippen LogP contribution < -0.4 is 5.73 Å². The number of anilines is 1. The van der Waals surface area contributed by atoms with Gasteiger partial charge in [0.05, 0.1) is 11.8 Å². The minimum atomic E-state index is -0.309. The Bertz CT molecular complexity index is 695. The molecule has 112 valence electrons. The van der Waals surface area contributed by atoms with E-state index in [1.165, 1.54) is 11.3 Å². The van der Waals surface area contributed by atoms with Gasteiger partial charge in [-0.1, -0.05) is 25.1 Å². The SMILES string of the molecule is Cc1cccc2c(N)c(C(=O)N3CCC(O)C(C)C3)sc12. The summed E-state index contributed by atoms with van der Waals surface area (Å²) >= 11 is 1.48. The first-order valence-corrected chi connectivity index (χ1v) is 8.05. The third-order valence-electron chi connectivity index (χ3n) is 4.29. The summed E-state index contributed by atoms with van der Waals surface area (Å²) in [7, 11) is 0. The van der Waals surface area contributed by atoms with E-state index in [4.69, 9.17) is 5.73 Å². The van der Waals surface area contributed by atoms with Gasteiger partial charge in [-0.15, -0.1) is 11.3 Å². The van der Waals surface area contributed by atoms with E-state index >= 15 is 0 Å². The summed E-state index contributed by atoms with van der Waals surface area (Å²) in [6, 6.07) is 5.97. The average molecular weight is 304 g/mol. The monoisotopic (exact) mass is 304 g/mol. The minimum Gasteiger partial charge on any atom is -0.397 e. The molecule has 2 aromatic rings. The highest BCUT2D eigenvalue weighted by molar-refractivity contribution is 7.21. The lowest BCUT2D eigenvalue weighted by Gasteiger charge is -2.34. The van der Waals surface area contributed by atoms with Gasteiger partial charge >= 0.3 is 0 Å². The summed E-state index contributed by atoms with van der Waals surface area (Å²) in [4.78, 5) is 15.2. The smallest absolute Gasteiger partial charge is 0.266 e. The molecule has 1 fully saturated rings. The fourth-order valence-corrected chi connectivity index (χ4v) is 4.06. The second-order valence-corrected chi connectivity index (χ2v) is 6.90. The van der Waals surface area contributed by atoms with Crippen LogP contribution in [0.4, 0.5) is 5.69 Å². The van der Waals surface area contributed by atoms with E-state index in [9.17, 15) is 9.90 Å². The van der Waals surface area contributed by atoms with Gasteiger partial charge in [-0.05, 0) is 24.8 Å². The Balaban J connectivity index is 1.95. The van der Waals surface area contributed by atoms with E-state index in [1.54, 1.807) is 0 Å². The number of rotatable bonds is 1. The number of nitrogens with zero attached hydrogens (tertiary/aromatic N) is 1. The summed E-state index contributed by atoms with van der Waals surface area (Å²) in [6.07, 6.45) is 0.326. The fraction of sp³-hybridized carbons (Fsp3) is 0.438. The normalized spacial score (nSPS) is 22.7. The Labute approximate surface area is 128 Å². The molecule has 4 nitrogen and oxygen atoms in total. The molecule has 1 aromatic carbocycles. The van der Waals surface area contributed by atoms with E-state index in [2.05, 4.69) is 0 Å². The number of fused-ring (bicyclic) bond motifs is 1. The zero-order valence-corrected chi connectivity index (χ0v) is 13.1. The molecule has 1 aliphatic rings. The van der Waals surface area contributed by atoms with Gasteiger partial charge in [0.25, 0.3) is 5.91 Å². The van der Waals surface area contributed by atoms with Gasteiger partial charge in [0, 0.05) is 23.2 Å². The Morgan fingerprint density at radius 1 is 1.48 bits per heavy atom. The Kier molecular flexibility index (Phi) is 3.63. The van der Waals surface area contributed by atoms with E-state index in [1.807, 2.05) is 36.9 Å². The Morgan fingerprint density at radius 2 is 2.24 bits per heavy atom. The molecular formula is C16H20N2O2S. The van der Waals surface area contributed by atoms with Crippen molar-refractivity contribution < 1.29 is 9.90 Å². The fourth-order valence-electron chi connectivity index (χ4n) is 2.90. The van der Waals surface area contributed by atoms with Gasteiger partial charge in [0.2, 0.25) is 0 Å². The summed E-state index contributed by atoms with van der Waals surface area (Å²) < 4.78 is 1.09. The number of thiophene rings is 1. The maximum atomic E-state index is 12.7. The van der Waals surface area contributed by atoms with Crippen molar-refractivity contribution in [3.05, 3.63) is 28.6 Å². The lowest BCUT2D eigenvalue weighted by atomic mass is 9.96. The van der Waals surface area contributed by atoms with Gasteiger partial charge in [0.15, 0.2) is 0 Å². The van der Waals surface area contributed by atoms with Crippen LogP contribution in [0.25, 0.3) is 10.1 Å². The van der Waals surface area contributed by atoms with Crippen LogP contribution in [-0.2, 0) is 0 Å². The molecule has 2 heterocycles. The number of aliphatic hydroxyl groups is 1. The molecule has 21 heavy (non-hydrogen) atoms. The van der Waals surface area contributed by atoms with Crippen LogP contribution in [0.1, 0.15) is 28.6 Å². The topological polar surface area (TPSA) is 66.6 Å². The number of carbonyl (C=O) groups is 1. The number of likely N-dealkylation sites (tertiary alicyclic amines) is 1. The molecule has 3 N–H and O–H groups in total. The molecule has 1 aromatic heterocycles. The zero-order chi connectivity index (χ0) is 15.1. The Morgan fingerprint density at radius 3 is 2.90 bits per heavy atom. The van der Waals surface area contributed by atoms with Crippen molar-refractivity contribution >= 4 is 33.0 Å². The summed E-state index contributed by atoms with van der Waals surface area (Å²) in [5, 5.41) is 10.8. The number of nitrogen functional groups attached to an aromatic ring is 1. The van der Waals surface area contributed by atoms with Crippen LogP contribution in [0.2, 0.25) is 0 Å². The molecular weight excluding hydrogens is 284 g/mol. The van der Waals surface area contributed by atoms with Crippen molar-refractivity contribution in [3.63, 3.8) is 0 Å². The molecule has 0 spiro atoms. The number of hydrogen-bond acceptors (Lipinski definition) is 4. The molecule has 1 aliphatic heterocycles. The predicted molar refractivity (Wildman–Crippen MR) is 86.7 cm³/mol. The molecule has 0 saturated carbocycles. The molecule has 2 atom stereocenters. The van der Waals surface area contributed by atoms with E-state index < -0.39 is 0 Å². The van der Waals surface area contributed by atoms with E-state index in [0.717, 1.165) is 15.6 Å². The maximum absolute atomic E-state index is 12.7. The number of hydrogen-bond donors (Lipinski definition) is 2. The highest BCUT2D eigenvalue weighted by Crippen LogP contribution is 2.36. The van der Waals surface area contributed by atoms with E-state index in [-0.39, 0.29) is 17.9 Å². The summed E-state index contributed by atoms with van der Waals surface area (Å²) in [5.74, 6) is 0.104. The van der Waals surface area contributed by atoms with Gasteiger partial charge < -0.3 is 15.7 Å². The largest absolute Gasteiger partial charge is 0.397 e. The van der Waals surface area contributed by atoms with Crippen LogP contribution in [0.5, 0.6) is 0 Å². The molecule has 1 saturated heterocycles. The van der Waals surface area contributed by atoms with E-state index in [0.29, 0.717) is 30.1 Å². The van der Waals surface area contributed by atoms with Gasteiger partial charge in [-0.3, -0.25) is 4.79 Å². The molecule has 3 rings (SSSR count). The summed E-state index contributed by atoms with van der Waals surface area (Å²) in [6.45, 7) is 5.19. The number of carbonyl (C=O) groups excluding carboxylic acids is 1. The van der Waals surface area contributed by atoms with Crippen molar-refractivity contribution in [2.24, 2.45) is 5.92 Å². The van der Waals surface area contributed by atoms with Crippen LogP contribution in [0, 0.1) is 12.8 Å². The molecule has 0 bridgehead atoms. The van der Waals surface area contributed by atoms with Crippen LogP contribution in [-0.4, -0.2) is 35.1 Å². The van der Waals surface area contributed by atoms with Gasteiger partial charge in [-0.25, -0.2) is 0 Å². The molecule has 5 heteroatoms.